The van der Waals surface area contributed by atoms with E-state index in [1.807, 2.05) is 0 Å². The molecule has 0 radical (unpaired) electrons. The molecule has 0 amide bonds. The Bertz CT molecular complexity index is 1250. The van der Waals surface area contributed by atoms with Gasteiger partial charge in [0.25, 0.3) is 0 Å². The number of phenolic OH excluding ortho intramolecular Hbond substituents is 2. The quantitative estimate of drug-likeness (QED) is 0.170. The highest BCUT2D eigenvalue weighted by Gasteiger charge is 2.21. The van der Waals surface area contributed by atoms with Crippen molar-refractivity contribution < 1.29 is 23.8 Å². The van der Waals surface area contributed by atoms with Crippen LogP contribution < -0.4 is 10.4 Å². The van der Waals surface area contributed by atoms with Gasteiger partial charge in [0.05, 0.1) is 5.39 Å². The molecule has 2 heterocycles. The first-order valence-corrected chi connectivity index (χ1v) is 6.91. The summed E-state index contributed by atoms with van der Waals surface area (Å²) in [7, 11) is 0. The topological polar surface area (TPSA) is 146 Å². The van der Waals surface area contributed by atoms with Gasteiger partial charge in [-0.15, -0.1) is 4.91 Å². The Morgan fingerprint density at radius 3 is 2.52 bits per heavy atom. The van der Waals surface area contributed by atoms with Crippen molar-refractivity contribution in [3.8, 4) is 17.2 Å². The number of benzene rings is 2. The third-order valence-corrected chi connectivity index (χ3v) is 3.77. The number of fused-ring (bicyclic) bond motifs is 5. The average Bonchev–Trinajstić information content (AvgIpc) is 2.93. The fraction of sp³-hybridized carbons (Fsp3) is 0. The van der Waals surface area contributed by atoms with E-state index in [1.165, 1.54) is 18.2 Å². The Labute approximate surface area is 137 Å². The van der Waals surface area contributed by atoms with Gasteiger partial charge in [0.15, 0.2) is 23.5 Å². The van der Waals surface area contributed by atoms with Gasteiger partial charge >= 0.3 is 5.63 Å². The van der Waals surface area contributed by atoms with Crippen LogP contribution in [0.2, 0.25) is 0 Å². The molecule has 0 spiro atoms. The minimum absolute atomic E-state index is 0.00317. The Morgan fingerprint density at radius 2 is 1.80 bits per heavy atom. The second-order valence-corrected chi connectivity index (χ2v) is 5.18. The SMILES string of the molecule is N=COc1cc(N=O)c2c(c1)oc(=O)c1c3cc(O)c(O)cc3oc21. The maximum absolute atomic E-state index is 12.4. The van der Waals surface area contributed by atoms with Crippen molar-refractivity contribution >= 4 is 45.0 Å². The zero-order valence-corrected chi connectivity index (χ0v) is 12.3. The van der Waals surface area contributed by atoms with Crippen LogP contribution in [0.1, 0.15) is 0 Å². The third-order valence-electron chi connectivity index (χ3n) is 3.77. The smallest absolute Gasteiger partial charge is 0.348 e. The second kappa shape index (κ2) is 5.06. The summed E-state index contributed by atoms with van der Waals surface area (Å²) < 4.78 is 15.7. The Kier molecular flexibility index (Phi) is 2.98. The molecule has 9 heteroatoms. The highest BCUT2D eigenvalue weighted by atomic mass is 16.5. The van der Waals surface area contributed by atoms with Gasteiger partial charge in [0.2, 0.25) is 0 Å². The number of hydrogen-bond donors (Lipinski definition) is 3. The number of nitrogens with zero attached hydrogens (tertiary/aromatic N) is 1. The summed E-state index contributed by atoms with van der Waals surface area (Å²) in [5.74, 6) is -0.764. The maximum Gasteiger partial charge on any atom is 0.348 e. The van der Waals surface area contributed by atoms with Crippen LogP contribution in [0.3, 0.4) is 0 Å². The van der Waals surface area contributed by atoms with Gasteiger partial charge in [-0.05, 0) is 11.2 Å². The Morgan fingerprint density at radius 1 is 1.04 bits per heavy atom. The molecule has 0 bridgehead atoms. The lowest BCUT2D eigenvalue weighted by Gasteiger charge is -2.03. The van der Waals surface area contributed by atoms with E-state index in [2.05, 4.69) is 5.18 Å². The van der Waals surface area contributed by atoms with Gasteiger partial charge < -0.3 is 23.8 Å². The molecule has 2 aromatic carbocycles. The maximum atomic E-state index is 12.4. The van der Waals surface area contributed by atoms with Gasteiger partial charge in [0, 0.05) is 23.6 Å². The minimum Gasteiger partial charge on any atom is -0.504 e. The molecule has 2 aromatic heterocycles. The first-order valence-electron chi connectivity index (χ1n) is 6.91. The first kappa shape index (κ1) is 14.7. The highest BCUT2D eigenvalue weighted by Crippen LogP contribution is 2.41. The minimum atomic E-state index is -0.768. The number of rotatable bonds is 3. The van der Waals surface area contributed by atoms with E-state index in [4.69, 9.17) is 19.0 Å². The number of hydrogen-bond acceptors (Lipinski definition) is 9. The third kappa shape index (κ3) is 2.02. The van der Waals surface area contributed by atoms with Gasteiger partial charge in [-0.2, -0.15) is 0 Å². The van der Waals surface area contributed by atoms with Gasteiger partial charge in [0.1, 0.15) is 28.0 Å². The van der Waals surface area contributed by atoms with Crippen molar-refractivity contribution in [3.63, 3.8) is 0 Å². The van der Waals surface area contributed by atoms with E-state index in [0.29, 0.717) is 6.40 Å². The molecule has 3 N–H and O–H groups in total. The number of nitroso groups, excluding NO2 is 1. The lowest BCUT2D eigenvalue weighted by Crippen LogP contribution is -1.99. The number of phenols is 2. The van der Waals surface area contributed by atoms with Crippen LogP contribution >= 0.6 is 0 Å². The lowest BCUT2D eigenvalue weighted by molar-refractivity contribution is 0.404. The van der Waals surface area contributed by atoms with Crippen molar-refractivity contribution in [3.05, 3.63) is 39.6 Å². The fourth-order valence-corrected chi connectivity index (χ4v) is 2.74. The molecule has 4 aromatic rings. The van der Waals surface area contributed by atoms with Crippen LogP contribution in [0.15, 0.2) is 43.1 Å². The van der Waals surface area contributed by atoms with E-state index < -0.39 is 17.1 Å². The number of nitrogens with one attached hydrogen (secondary N) is 1. The summed E-state index contributed by atoms with van der Waals surface area (Å²) in [4.78, 5) is 23.6. The summed E-state index contributed by atoms with van der Waals surface area (Å²) in [6.07, 6.45) is 0.652. The molecule has 0 atom stereocenters. The van der Waals surface area contributed by atoms with Crippen molar-refractivity contribution in [2.45, 2.75) is 0 Å². The van der Waals surface area contributed by atoms with Crippen LogP contribution in [0.25, 0.3) is 32.9 Å². The zero-order chi connectivity index (χ0) is 17.7. The Hall–Kier alpha value is -3.88. The van der Waals surface area contributed by atoms with E-state index in [9.17, 15) is 19.9 Å². The summed E-state index contributed by atoms with van der Waals surface area (Å²) in [5, 5.41) is 29.5. The normalized spacial score (nSPS) is 11.2. The van der Waals surface area contributed by atoms with Gasteiger partial charge in [-0.25, -0.2) is 4.79 Å². The monoisotopic (exact) mass is 340 g/mol. The van der Waals surface area contributed by atoms with Gasteiger partial charge in [-0.3, -0.25) is 5.41 Å². The van der Waals surface area contributed by atoms with Crippen LogP contribution in [0.4, 0.5) is 5.69 Å². The van der Waals surface area contributed by atoms with Crippen molar-refractivity contribution in [2.24, 2.45) is 5.18 Å². The standard InChI is InChI=1S/C16H8N2O7/c17-5-23-6-1-8(18-22)14-12(2-6)25-16(21)13-7-3-9(19)10(20)4-11(7)24-15(13)14/h1-5,17,19-20H. The number of ether oxygens (including phenoxy) is 1. The van der Waals surface area contributed by atoms with Crippen molar-refractivity contribution in [2.75, 3.05) is 0 Å². The molecule has 25 heavy (non-hydrogen) atoms. The zero-order valence-electron chi connectivity index (χ0n) is 12.3. The summed E-state index contributed by atoms with van der Waals surface area (Å²) in [5.41, 5.74) is -0.742. The van der Waals surface area contributed by atoms with E-state index >= 15 is 0 Å². The number of aromatic hydroxyl groups is 2. The molecule has 0 unspecified atom stereocenters. The van der Waals surface area contributed by atoms with Gasteiger partial charge in [-0.1, -0.05) is 0 Å². The summed E-state index contributed by atoms with van der Waals surface area (Å²) in [6, 6.07) is 4.90. The molecule has 0 aliphatic rings. The molecule has 4 rings (SSSR count). The van der Waals surface area contributed by atoms with Crippen LogP contribution in [0, 0.1) is 10.3 Å². The molecule has 0 saturated carbocycles. The molecule has 124 valence electrons. The largest absolute Gasteiger partial charge is 0.504 e. The fourth-order valence-electron chi connectivity index (χ4n) is 2.74. The predicted octanol–water partition coefficient (Wildman–Crippen LogP) is 3.49. The lowest BCUT2D eigenvalue weighted by atomic mass is 10.1. The van der Waals surface area contributed by atoms with Crippen LogP contribution in [-0.4, -0.2) is 16.6 Å². The average molecular weight is 340 g/mol. The van der Waals surface area contributed by atoms with Crippen molar-refractivity contribution in [1.82, 2.24) is 0 Å². The second-order valence-electron chi connectivity index (χ2n) is 5.18. The number of furan rings is 1. The van der Waals surface area contributed by atoms with Crippen LogP contribution in [0.5, 0.6) is 17.2 Å². The molecule has 0 aliphatic heterocycles. The van der Waals surface area contributed by atoms with E-state index in [0.717, 1.165) is 6.07 Å². The van der Waals surface area contributed by atoms with Crippen molar-refractivity contribution in [1.29, 1.82) is 5.41 Å². The molecule has 9 nitrogen and oxygen atoms in total. The first-order chi connectivity index (χ1) is 12.0. The predicted molar refractivity (Wildman–Crippen MR) is 88.0 cm³/mol. The molecule has 0 fully saturated rings. The van der Waals surface area contributed by atoms with E-state index in [-0.39, 0.29) is 44.3 Å². The summed E-state index contributed by atoms with van der Waals surface area (Å²) in [6.45, 7) is 0. The molecule has 0 aliphatic carbocycles. The molecular formula is C16H8N2O7. The highest BCUT2D eigenvalue weighted by molar-refractivity contribution is 6.16. The van der Waals surface area contributed by atoms with E-state index in [1.54, 1.807) is 0 Å². The Balaban J connectivity index is 2.24. The molecular weight excluding hydrogens is 332 g/mol. The molecule has 0 saturated heterocycles. The summed E-state index contributed by atoms with van der Waals surface area (Å²) >= 11 is 0. The van der Waals surface area contributed by atoms with Crippen LogP contribution in [-0.2, 0) is 0 Å².